The zero-order chi connectivity index (χ0) is 13.1. The molecular weight excluding hydrogens is 287 g/mol. The highest BCUT2D eigenvalue weighted by Crippen LogP contribution is 2.17. The molecule has 0 unspecified atom stereocenters. The van der Waals surface area contributed by atoms with Crippen molar-refractivity contribution in [2.75, 3.05) is 0 Å². The second kappa shape index (κ2) is 5.60. The maximum Gasteiger partial charge on any atom is 0.222 e. The van der Waals surface area contributed by atoms with Crippen LogP contribution in [0.15, 0.2) is 22.7 Å². The molecule has 1 aromatic carbocycles. The number of carbonyl (C=O) groups excluding carboxylic acids is 1. The van der Waals surface area contributed by atoms with Crippen LogP contribution in [0.2, 0.25) is 0 Å². The van der Waals surface area contributed by atoms with Gasteiger partial charge in [-0.05, 0) is 37.6 Å². The van der Waals surface area contributed by atoms with E-state index in [4.69, 9.17) is 5.73 Å². The van der Waals surface area contributed by atoms with Gasteiger partial charge in [-0.25, -0.2) is 4.39 Å². The monoisotopic (exact) mass is 302 g/mol. The largest absolute Gasteiger partial charge is 0.352 e. The highest BCUT2D eigenvalue weighted by atomic mass is 79.9. The van der Waals surface area contributed by atoms with E-state index in [1.54, 1.807) is 19.9 Å². The van der Waals surface area contributed by atoms with Gasteiger partial charge in [0.25, 0.3) is 0 Å². The average molecular weight is 303 g/mol. The van der Waals surface area contributed by atoms with E-state index in [1.165, 1.54) is 12.1 Å². The Bertz CT molecular complexity index is 415. The van der Waals surface area contributed by atoms with E-state index in [0.29, 0.717) is 5.56 Å². The predicted octanol–water partition coefficient (Wildman–Crippen LogP) is 2.33. The SMILES string of the molecule is CC(C)(N)CC(=O)NCc1cc(F)ccc1Br. The van der Waals surface area contributed by atoms with Crippen LogP contribution in [-0.4, -0.2) is 11.4 Å². The minimum absolute atomic E-state index is 0.145. The van der Waals surface area contributed by atoms with Crippen molar-refractivity contribution in [3.05, 3.63) is 34.1 Å². The van der Waals surface area contributed by atoms with Gasteiger partial charge in [-0.2, -0.15) is 0 Å². The molecule has 1 amide bonds. The summed E-state index contributed by atoms with van der Waals surface area (Å²) in [6.07, 6.45) is 0.236. The first-order chi connectivity index (χ1) is 7.78. The van der Waals surface area contributed by atoms with Crippen LogP contribution in [0.1, 0.15) is 25.8 Å². The lowest BCUT2D eigenvalue weighted by Gasteiger charge is -2.17. The first kappa shape index (κ1) is 14.1. The second-order valence-electron chi connectivity index (χ2n) is 4.68. The van der Waals surface area contributed by atoms with Crippen LogP contribution in [0.25, 0.3) is 0 Å². The van der Waals surface area contributed by atoms with Gasteiger partial charge in [-0.15, -0.1) is 0 Å². The third kappa shape index (κ3) is 5.28. The summed E-state index contributed by atoms with van der Waals surface area (Å²) in [6.45, 7) is 3.85. The minimum Gasteiger partial charge on any atom is -0.352 e. The van der Waals surface area contributed by atoms with Crippen LogP contribution in [0, 0.1) is 5.82 Å². The van der Waals surface area contributed by atoms with Gasteiger partial charge in [0.05, 0.1) is 0 Å². The van der Waals surface area contributed by atoms with Gasteiger partial charge in [0.1, 0.15) is 5.82 Å². The van der Waals surface area contributed by atoms with E-state index in [0.717, 1.165) is 4.47 Å². The van der Waals surface area contributed by atoms with Crippen LogP contribution in [0.3, 0.4) is 0 Å². The molecular formula is C12H16BrFN2O. The Morgan fingerprint density at radius 1 is 1.53 bits per heavy atom. The number of hydrogen-bond donors (Lipinski definition) is 2. The molecule has 0 saturated heterocycles. The third-order valence-electron chi connectivity index (χ3n) is 2.10. The van der Waals surface area contributed by atoms with Crippen molar-refractivity contribution in [2.24, 2.45) is 5.73 Å². The standard InChI is InChI=1S/C12H16BrFN2O/c1-12(2,15)6-11(17)16-7-8-5-9(14)3-4-10(8)13/h3-5H,6-7,15H2,1-2H3,(H,16,17). The molecule has 0 bridgehead atoms. The Hall–Kier alpha value is -0.940. The summed E-state index contributed by atoms with van der Waals surface area (Å²) >= 11 is 3.30. The number of benzene rings is 1. The van der Waals surface area contributed by atoms with E-state index in [1.807, 2.05) is 0 Å². The summed E-state index contributed by atoms with van der Waals surface area (Å²) in [4.78, 5) is 11.5. The molecule has 94 valence electrons. The van der Waals surface area contributed by atoms with Crippen molar-refractivity contribution in [3.8, 4) is 0 Å². The first-order valence-corrected chi connectivity index (χ1v) is 6.07. The number of halogens is 2. The van der Waals surface area contributed by atoms with Crippen LogP contribution >= 0.6 is 15.9 Å². The Morgan fingerprint density at radius 3 is 2.76 bits per heavy atom. The fourth-order valence-corrected chi connectivity index (χ4v) is 1.74. The van der Waals surface area contributed by atoms with Gasteiger partial charge in [-0.3, -0.25) is 4.79 Å². The molecule has 5 heteroatoms. The Kier molecular flexibility index (Phi) is 4.65. The minimum atomic E-state index is -0.538. The average Bonchev–Trinajstić information content (AvgIpc) is 2.17. The third-order valence-corrected chi connectivity index (χ3v) is 2.87. The molecule has 0 saturated carbocycles. The molecule has 3 N–H and O–H groups in total. The molecule has 0 heterocycles. The fraction of sp³-hybridized carbons (Fsp3) is 0.417. The highest BCUT2D eigenvalue weighted by Gasteiger charge is 2.16. The van der Waals surface area contributed by atoms with Crippen molar-refractivity contribution in [2.45, 2.75) is 32.4 Å². The van der Waals surface area contributed by atoms with Gasteiger partial charge in [0.2, 0.25) is 5.91 Å². The van der Waals surface area contributed by atoms with E-state index in [-0.39, 0.29) is 24.7 Å². The number of nitrogens with two attached hydrogens (primary N) is 1. The van der Waals surface area contributed by atoms with E-state index < -0.39 is 5.54 Å². The highest BCUT2D eigenvalue weighted by molar-refractivity contribution is 9.10. The fourth-order valence-electron chi connectivity index (χ4n) is 1.35. The molecule has 0 aliphatic rings. The zero-order valence-electron chi connectivity index (χ0n) is 9.89. The summed E-state index contributed by atoms with van der Waals surface area (Å²) in [6, 6.07) is 4.36. The summed E-state index contributed by atoms with van der Waals surface area (Å²) in [5.41, 5.74) is 5.89. The van der Waals surface area contributed by atoms with Gasteiger partial charge < -0.3 is 11.1 Å². The van der Waals surface area contributed by atoms with Gasteiger partial charge in [0, 0.05) is 23.0 Å². The Balaban J connectivity index is 2.56. The van der Waals surface area contributed by atoms with Crippen LogP contribution in [-0.2, 0) is 11.3 Å². The van der Waals surface area contributed by atoms with Crippen molar-refractivity contribution in [1.82, 2.24) is 5.32 Å². The van der Waals surface area contributed by atoms with Crippen LogP contribution in [0.4, 0.5) is 4.39 Å². The molecule has 17 heavy (non-hydrogen) atoms. The molecule has 3 nitrogen and oxygen atoms in total. The maximum absolute atomic E-state index is 13.0. The molecule has 0 fully saturated rings. The van der Waals surface area contributed by atoms with Crippen LogP contribution < -0.4 is 11.1 Å². The smallest absolute Gasteiger partial charge is 0.222 e. The van der Waals surface area contributed by atoms with Crippen molar-refractivity contribution in [1.29, 1.82) is 0 Å². The molecule has 0 atom stereocenters. The van der Waals surface area contributed by atoms with Gasteiger partial charge in [-0.1, -0.05) is 15.9 Å². The lowest BCUT2D eigenvalue weighted by Crippen LogP contribution is -2.38. The molecule has 1 rings (SSSR count). The summed E-state index contributed by atoms with van der Waals surface area (Å²) < 4.78 is 13.8. The Morgan fingerprint density at radius 2 is 2.18 bits per heavy atom. The van der Waals surface area contributed by atoms with E-state index in [2.05, 4.69) is 21.2 Å². The molecule has 0 radical (unpaired) electrons. The van der Waals surface area contributed by atoms with Crippen LogP contribution in [0.5, 0.6) is 0 Å². The first-order valence-electron chi connectivity index (χ1n) is 5.27. The molecule has 1 aromatic rings. The number of rotatable bonds is 4. The molecule has 0 aliphatic heterocycles. The number of amides is 1. The zero-order valence-corrected chi connectivity index (χ0v) is 11.5. The summed E-state index contributed by atoms with van der Waals surface area (Å²) in [7, 11) is 0. The van der Waals surface area contributed by atoms with Gasteiger partial charge in [0.15, 0.2) is 0 Å². The summed E-state index contributed by atoms with van der Waals surface area (Å²) in [5, 5.41) is 2.71. The predicted molar refractivity (Wildman–Crippen MR) is 68.8 cm³/mol. The number of hydrogen-bond acceptors (Lipinski definition) is 2. The normalized spacial score (nSPS) is 11.4. The van der Waals surface area contributed by atoms with Crippen molar-refractivity contribution in [3.63, 3.8) is 0 Å². The quantitative estimate of drug-likeness (QED) is 0.897. The second-order valence-corrected chi connectivity index (χ2v) is 5.53. The van der Waals surface area contributed by atoms with E-state index in [9.17, 15) is 9.18 Å². The van der Waals surface area contributed by atoms with Gasteiger partial charge >= 0.3 is 0 Å². The lowest BCUT2D eigenvalue weighted by molar-refractivity contribution is -0.122. The molecule has 0 spiro atoms. The molecule has 0 aromatic heterocycles. The summed E-state index contributed by atoms with van der Waals surface area (Å²) in [5.74, 6) is -0.467. The number of carbonyl (C=O) groups is 1. The molecule has 0 aliphatic carbocycles. The van der Waals surface area contributed by atoms with Crippen molar-refractivity contribution < 1.29 is 9.18 Å². The topological polar surface area (TPSA) is 55.1 Å². The van der Waals surface area contributed by atoms with E-state index >= 15 is 0 Å². The van der Waals surface area contributed by atoms with Crippen molar-refractivity contribution >= 4 is 21.8 Å². The lowest BCUT2D eigenvalue weighted by atomic mass is 10.0. The number of nitrogens with one attached hydrogen (secondary N) is 1. The Labute approximate surface area is 109 Å². The maximum atomic E-state index is 13.0.